The average molecular weight is 336 g/mol. The third kappa shape index (κ3) is 5.15. The van der Waals surface area contributed by atoms with Crippen molar-refractivity contribution >= 4 is 11.8 Å². The monoisotopic (exact) mass is 336 g/mol. The Bertz CT molecular complexity index is 593. The van der Waals surface area contributed by atoms with Gasteiger partial charge in [-0.15, -0.1) is 0 Å². The minimum Gasteiger partial charge on any atom is -0.493 e. The van der Waals surface area contributed by atoms with Gasteiger partial charge in [0.15, 0.2) is 11.5 Å². The van der Waals surface area contributed by atoms with E-state index in [1.807, 2.05) is 19.1 Å². The van der Waals surface area contributed by atoms with Crippen molar-refractivity contribution < 1.29 is 19.1 Å². The molecule has 0 fully saturated rings. The van der Waals surface area contributed by atoms with Crippen molar-refractivity contribution in [1.82, 2.24) is 10.6 Å². The van der Waals surface area contributed by atoms with E-state index < -0.39 is 11.5 Å². The van der Waals surface area contributed by atoms with E-state index in [2.05, 4.69) is 10.6 Å². The first-order valence-electron chi connectivity index (χ1n) is 7.93. The molecule has 0 saturated heterocycles. The van der Waals surface area contributed by atoms with Gasteiger partial charge in [-0.1, -0.05) is 26.8 Å². The number of benzene rings is 1. The van der Waals surface area contributed by atoms with Crippen LogP contribution in [0.2, 0.25) is 0 Å². The van der Waals surface area contributed by atoms with Gasteiger partial charge in [-0.3, -0.25) is 9.59 Å². The molecule has 1 aromatic rings. The molecule has 1 rings (SSSR count). The number of methoxy groups -OCH3 is 2. The summed E-state index contributed by atoms with van der Waals surface area (Å²) in [6, 6.07) is 4.64. The van der Waals surface area contributed by atoms with Crippen molar-refractivity contribution in [3.63, 3.8) is 0 Å². The summed E-state index contributed by atoms with van der Waals surface area (Å²) in [6.45, 7) is 8.95. The van der Waals surface area contributed by atoms with E-state index in [0.717, 1.165) is 5.56 Å². The number of amides is 2. The summed E-state index contributed by atoms with van der Waals surface area (Å²) in [5.74, 6) is 0.828. The van der Waals surface area contributed by atoms with Crippen LogP contribution in [0.25, 0.3) is 0 Å². The van der Waals surface area contributed by atoms with E-state index in [1.54, 1.807) is 48.0 Å². The fraction of sp³-hybridized carbons (Fsp3) is 0.556. The van der Waals surface area contributed by atoms with E-state index in [4.69, 9.17) is 9.47 Å². The van der Waals surface area contributed by atoms with E-state index in [1.165, 1.54) is 0 Å². The Balaban J connectivity index is 2.75. The van der Waals surface area contributed by atoms with Gasteiger partial charge in [-0.05, 0) is 31.5 Å². The number of carbonyl (C=O) groups is 2. The second-order valence-electron chi connectivity index (χ2n) is 6.79. The van der Waals surface area contributed by atoms with Crippen molar-refractivity contribution in [1.29, 1.82) is 0 Å². The summed E-state index contributed by atoms with van der Waals surface area (Å²) in [6.07, 6.45) is 0. The Morgan fingerprint density at radius 3 is 2.08 bits per heavy atom. The molecular formula is C18H28N2O4. The molecule has 0 bridgehead atoms. The van der Waals surface area contributed by atoms with Gasteiger partial charge in [0.1, 0.15) is 6.04 Å². The first-order valence-corrected chi connectivity index (χ1v) is 7.93. The predicted molar refractivity (Wildman–Crippen MR) is 93.2 cm³/mol. The molecular weight excluding hydrogens is 308 g/mol. The quantitative estimate of drug-likeness (QED) is 0.836. The maximum absolute atomic E-state index is 12.3. The standard InChI is InChI=1S/C18H28N2O4/c1-11(13-8-9-14(23-6)15(10-13)24-7)19-16(21)12(2)20-17(22)18(3,4)5/h8-12H,1-7H3,(H,19,21)(H,20,22). The van der Waals surface area contributed by atoms with Crippen molar-refractivity contribution in [3.8, 4) is 11.5 Å². The Hall–Kier alpha value is -2.24. The van der Waals surface area contributed by atoms with Crippen molar-refractivity contribution in [2.24, 2.45) is 5.41 Å². The first kappa shape index (κ1) is 19.8. The van der Waals surface area contributed by atoms with Crippen LogP contribution in [0.4, 0.5) is 0 Å². The highest BCUT2D eigenvalue weighted by Crippen LogP contribution is 2.29. The molecule has 0 saturated carbocycles. The molecule has 0 heterocycles. The smallest absolute Gasteiger partial charge is 0.242 e. The Labute approximate surface area is 143 Å². The van der Waals surface area contributed by atoms with Crippen LogP contribution < -0.4 is 20.1 Å². The number of carbonyl (C=O) groups excluding carboxylic acids is 2. The van der Waals surface area contributed by atoms with E-state index >= 15 is 0 Å². The maximum atomic E-state index is 12.3. The largest absolute Gasteiger partial charge is 0.493 e. The molecule has 0 aromatic heterocycles. The SMILES string of the molecule is COc1ccc(C(C)NC(=O)C(C)NC(=O)C(C)(C)C)cc1OC. The molecule has 1 aromatic carbocycles. The highest BCUT2D eigenvalue weighted by atomic mass is 16.5. The Morgan fingerprint density at radius 2 is 1.58 bits per heavy atom. The summed E-state index contributed by atoms with van der Waals surface area (Å²) in [7, 11) is 3.14. The maximum Gasteiger partial charge on any atom is 0.242 e. The van der Waals surface area contributed by atoms with E-state index in [9.17, 15) is 9.59 Å². The number of ether oxygens (including phenoxy) is 2. The molecule has 2 N–H and O–H groups in total. The van der Waals surface area contributed by atoms with Crippen molar-refractivity contribution in [2.75, 3.05) is 14.2 Å². The molecule has 0 aliphatic carbocycles. The molecule has 0 radical (unpaired) electrons. The normalized spacial score (nSPS) is 13.6. The fourth-order valence-electron chi connectivity index (χ4n) is 2.02. The van der Waals surface area contributed by atoms with Gasteiger partial charge in [0.2, 0.25) is 11.8 Å². The van der Waals surface area contributed by atoms with Crippen molar-refractivity contribution in [2.45, 2.75) is 46.7 Å². The predicted octanol–water partition coefficient (Wildman–Crippen LogP) is 2.43. The van der Waals surface area contributed by atoms with Gasteiger partial charge in [0.05, 0.1) is 20.3 Å². The number of nitrogens with one attached hydrogen (secondary N) is 2. The zero-order chi connectivity index (χ0) is 18.5. The second-order valence-corrected chi connectivity index (χ2v) is 6.79. The number of hydrogen-bond acceptors (Lipinski definition) is 4. The third-order valence-electron chi connectivity index (χ3n) is 3.69. The van der Waals surface area contributed by atoms with Crippen LogP contribution in [-0.4, -0.2) is 32.1 Å². The molecule has 2 atom stereocenters. The average Bonchev–Trinajstić information content (AvgIpc) is 2.52. The van der Waals surface area contributed by atoms with Gasteiger partial charge >= 0.3 is 0 Å². The van der Waals surface area contributed by atoms with Crippen molar-refractivity contribution in [3.05, 3.63) is 23.8 Å². The lowest BCUT2D eigenvalue weighted by Gasteiger charge is -2.23. The van der Waals surface area contributed by atoms with Crippen LogP contribution >= 0.6 is 0 Å². The summed E-state index contributed by atoms with van der Waals surface area (Å²) in [4.78, 5) is 24.3. The van der Waals surface area contributed by atoms with Crippen LogP contribution in [0.1, 0.15) is 46.2 Å². The molecule has 24 heavy (non-hydrogen) atoms. The lowest BCUT2D eigenvalue weighted by molar-refractivity contribution is -0.133. The number of rotatable bonds is 6. The highest BCUT2D eigenvalue weighted by molar-refractivity contribution is 5.89. The first-order chi connectivity index (χ1) is 11.1. The number of hydrogen-bond donors (Lipinski definition) is 2. The van der Waals surface area contributed by atoms with Crippen LogP contribution in [0, 0.1) is 5.41 Å². The summed E-state index contributed by atoms with van der Waals surface area (Å²) in [5, 5.41) is 5.61. The molecule has 2 amide bonds. The molecule has 0 aliphatic rings. The molecule has 0 spiro atoms. The summed E-state index contributed by atoms with van der Waals surface area (Å²) in [5.41, 5.74) is 0.346. The molecule has 134 valence electrons. The minimum absolute atomic E-state index is 0.163. The Morgan fingerprint density at radius 1 is 1.00 bits per heavy atom. The van der Waals surface area contributed by atoms with Gasteiger partial charge < -0.3 is 20.1 Å². The molecule has 6 heteroatoms. The second kappa shape index (κ2) is 8.04. The molecule has 2 unspecified atom stereocenters. The van der Waals surface area contributed by atoms with Crippen LogP contribution in [0.5, 0.6) is 11.5 Å². The van der Waals surface area contributed by atoms with E-state index in [0.29, 0.717) is 11.5 Å². The topological polar surface area (TPSA) is 76.7 Å². The Kier molecular flexibility index (Phi) is 6.63. The molecule has 6 nitrogen and oxygen atoms in total. The minimum atomic E-state index is -0.612. The lowest BCUT2D eigenvalue weighted by atomic mass is 9.95. The third-order valence-corrected chi connectivity index (χ3v) is 3.69. The zero-order valence-electron chi connectivity index (χ0n) is 15.5. The summed E-state index contributed by atoms with van der Waals surface area (Å²) >= 11 is 0. The van der Waals surface area contributed by atoms with Crippen LogP contribution in [-0.2, 0) is 9.59 Å². The van der Waals surface area contributed by atoms with Gasteiger partial charge in [0, 0.05) is 5.41 Å². The highest BCUT2D eigenvalue weighted by Gasteiger charge is 2.25. The van der Waals surface area contributed by atoms with Crippen LogP contribution in [0.15, 0.2) is 18.2 Å². The van der Waals surface area contributed by atoms with E-state index in [-0.39, 0.29) is 17.9 Å². The van der Waals surface area contributed by atoms with Crippen LogP contribution in [0.3, 0.4) is 0 Å². The zero-order valence-corrected chi connectivity index (χ0v) is 15.5. The van der Waals surface area contributed by atoms with Gasteiger partial charge in [-0.2, -0.15) is 0 Å². The van der Waals surface area contributed by atoms with Gasteiger partial charge in [-0.25, -0.2) is 0 Å². The summed E-state index contributed by atoms with van der Waals surface area (Å²) < 4.78 is 10.5. The molecule has 0 aliphatic heterocycles. The lowest BCUT2D eigenvalue weighted by Crippen LogP contribution is -2.48. The van der Waals surface area contributed by atoms with Gasteiger partial charge in [0.25, 0.3) is 0 Å². The fourth-order valence-corrected chi connectivity index (χ4v) is 2.02.